The molecule has 2 aromatic heterocycles. The monoisotopic (exact) mass is 371 g/mol. The van der Waals surface area contributed by atoms with Crippen molar-refractivity contribution in [3.8, 4) is 5.69 Å². The molecule has 2 heterocycles. The van der Waals surface area contributed by atoms with Gasteiger partial charge in [-0.15, -0.1) is 0 Å². The maximum atomic E-state index is 12.5. The van der Waals surface area contributed by atoms with Crippen LogP contribution < -0.4 is 5.32 Å². The van der Waals surface area contributed by atoms with Crippen LogP contribution in [-0.2, 0) is 6.54 Å². The van der Waals surface area contributed by atoms with Crippen molar-refractivity contribution >= 4 is 11.6 Å². The van der Waals surface area contributed by atoms with Crippen LogP contribution in [0.3, 0.4) is 0 Å². The van der Waals surface area contributed by atoms with Crippen LogP contribution in [0.5, 0.6) is 0 Å². The summed E-state index contributed by atoms with van der Waals surface area (Å²) in [6, 6.07) is 19.1. The molecule has 0 spiro atoms. The predicted molar refractivity (Wildman–Crippen MR) is 109 cm³/mol. The predicted octanol–water partition coefficient (Wildman–Crippen LogP) is 3.99. The third kappa shape index (κ3) is 3.86. The molecule has 0 atom stereocenters. The Hall–Kier alpha value is -3.67. The molecule has 6 heteroatoms. The molecular weight excluding hydrogens is 350 g/mol. The number of hydrogen-bond acceptors (Lipinski definition) is 3. The highest BCUT2D eigenvalue weighted by Gasteiger charge is 2.08. The zero-order valence-electron chi connectivity index (χ0n) is 15.8. The second kappa shape index (κ2) is 7.52. The van der Waals surface area contributed by atoms with Gasteiger partial charge in [-0.2, -0.15) is 10.2 Å². The smallest absolute Gasteiger partial charge is 0.255 e. The fourth-order valence-electron chi connectivity index (χ4n) is 3.12. The molecule has 0 aliphatic carbocycles. The van der Waals surface area contributed by atoms with Crippen molar-refractivity contribution in [1.29, 1.82) is 0 Å². The quantitative estimate of drug-likeness (QED) is 0.577. The second-order valence-corrected chi connectivity index (χ2v) is 6.74. The molecule has 0 aliphatic heterocycles. The highest BCUT2D eigenvalue weighted by atomic mass is 16.1. The second-order valence-electron chi connectivity index (χ2n) is 6.74. The van der Waals surface area contributed by atoms with E-state index in [2.05, 4.69) is 15.5 Å². The summed E-state index contributed by atoms with van der Waals surface area (Å²) in [5.74, 6) is -0.139. The SMILES string of the molecule is Cc1cc(C)n(-c2ccc(C(=O)Nc3ccc(Cn4cccn4)cc3)cc2)n1. The molecule has 0 radical (unpaired) electrons. The Labute approximate surface area is 163 Å². The molecule has 1 amide bonds. The first kappa shape index (κ1) is 17.7. The molecule has 2 aromatic carbocycles. The van der Waals surface area contributed by atoms with Gasteiger partial charge >= 0.3 is 0 Å². The van der Waals surface area contributed by atoms with Gasteiger partial charge in [-0.25, -0.2) is 4.68 Å². The van der Waals surface area contributed by atoms with Gasteiger partial charge in [0.05, 0.1) is 17.9 Å². The van der Waals surface area contributed by atoms with Gasteiger partial charge in [0.15, 0.2) is 0 Å². The van der Waals surface area contributed by atoms with Crippen molar-refractivity contribution in [2.24, 2.45) is 0 Å². The minimum Gasteiger partial charge on any atom is -0.322 e. The lowest BCUT2D eigenvalue weighted by molar-refractivity contribution is 0.102. The molecule has 0 unspecified atom stereocenters. The van der Waals surface area contributed by atoms with E-state index in [1.54, 1.807) is 6.20 Å². The number of hydrogen-bond donors (Lipinski definition) is 1. The maximum absolute atomic E-state index is 12.5. The fraction of sp³-hybridized carbons (Fsp3) is 0.136. The van der Waals surface area contributed by atoms with Crippen molar-refractivity contribution in [1.82, 2.24) is 19.6 Å². The third-order valence-corrected chi connectivity index (χ3v) is 4.50. The summed E-state index contributed by atoms with van der Waals surface area (Å²) in [4.78, 5) is 12.5. The molecular formula is C22H21N5O. The van der Waals surface area contributed by atoms with Crippen LogP contribution in [0.15, 0.2) is 73.1 Å². The van der Waals surface area contributed by atoms with Crippen LogP contribution in [0.25, 0.3) is 5.69 Å². The number of carbonyl (C=O) groups excluding carboxylic acids is 1. The van der Waals surface area contributed by atoms with Crippen molar-refractivity contribution in [3.05, 3.63) is 95.6 Å². The molecule has 0 saturated heterocycles. The Bertz CT molecular complexity index is 1080. The van der Waals surface area contributed by atoms with Crippen LogP contribution in [0.4, 0.5) is 5.69 Å². The van der Waals surface area contributed by atoms with E-state index in [-0.39, 0.29) is 5.91 Å². The lowest BCUT2D eigenvalue weighted by Crippen LogP contribution is -2.12. The van der Waals surface area contributed by atoms with Gasteiger partial charge in [-0.3, -0.25) is 9.48 Å². The topological polar surface area (TPSA) is 64.7 Å². The van der Waals surface area contributed by atoms with Gasteiger partial charge in [-0.05, 0) is 67.9 Å². The van der Waals surface area contributed by atoms with Crippen molar-refractivity contribution < 1.29 is 4.79 Å². The Morgan fingerprint density at radius 1 is 1.04 bits per heavy atom. The molecule has 4 rings (SSSR count). The van der Waals surface area contributed by atoms with Gasteiger partial charge in [-0.1, -0.05) is 12.1 Å². The number of rotatable bonds is 5. The number of nitrogens with one attached hydrogen (secondary N) is 1. The van der Waals surface area contributed by atoms with E-state index >= 15 is 0 Å². The minimum absolute atomic E-state index is 0.139. The standard InChI is InChI=1S/C22H21N5O/c1-16-14-17(2)27(25-16)21-10-6-19(7-11-21)22(28)24-20-8-4-18(5-9-20)15-26-13-3-12-23-26/h3-14H,15H2,1-2H3,(H,24,28). The maximum Gasteiger partial charge on any atom is 0.255 e. The van der Waals surface area contributed by atoms with E-state index in [1.165, 1.54) is 0 Å². The Kier molecular flexibility index (Phi) is 4.76. The molecule has 28 heavy (non-hydrogen) atoms. The summed E-state index contributed by atoms with van der Waals surface area (Å²) < 4.78 is 3.73. The Morgan fingerprint density at radius 3 is 2.39 bits per heavy atom. The minimum atomic E-state index is -0.139. The number of benzene rings is 2. The highest BCUT2D eigenvalue weighted by molar-refractivity contribution is 6.04. The van der Waals surface area contributed by atoms with Crippen LogP contribution >= 0.6 is 0 Å². The van der Waals surface area contributed by atoms with E-state index in [9.17, 15) is 4.79 Å². The van der Waals surface area contributed by atoms with Gasteiger partial charge < -0.3 is 5.32 Å². The molecule has 140 valence electrons. The van der Waals surface area contributed by atoms with Crippen LogP contribution in [-0.4, -0.2) is 25.5 Å². The first-order valence-electron chi connectivity index (χ1n) is 9.10. The summed E-state index contributed by atoms with van der Waals surface area (Å²) in [5, 5.41) is 11.6. The first-order chi connectivity index (χ1) is 13.6. The van der Waals surface area contributed by atoms with Gasteiger partial charge in [0.1, 0.15) is 0 Å². The van der Waals surface area contributed by atoms with E-state index in [0.717, 1.165) is 28.3 Å². The van der Waals surface area contributed by atoms with Gasteiger partial charge in [0, 0.05) is 29.3 Å². The molecule has 6 nitrogen and oxygen atoms in total. The zero-order valence-corrected chi connectivity index (χ0v) is 15.8. The molecule has 1 N–H and O–H groups in total. The summed E-state index contributed by atoms with van der Waals surface area (Å²) in [6.45, 7) is 4.68. The largest absolute Gasteiger partial charge is 0.322 e. The van der Waals surface area contributed by atoms with E-state index < -0.39 is 0 Å². The van der Waals surface area contributed by atoms with Crippen LogP contribution in [0, 0.1) is 13.8 Å². The van der Waals surface area contributed by atoms with Crippen LogP contribution in [0.2, 0.25) is 0 Å². The zero-order chi connectivity index (χ0) is 19.5. The normalized spacial score (nSPS) is 10.8. The number of amides is 1. The average molecular weight is 371 g/mol. The molecule has 0 aliphatic rings. The number of nitrogens with zero attached hydrogens (tertiary/aromatic N) is 4. The van der Waals surface area contributed by atoms with Crippen LogP contribution in [0.1, 0.15) is 27.3 Å². The Balaban J connectivity index is 1.42. The molecule has 0 fully saturated rings. The lowest BCUT2D eigenvalue weighted by atomic mass is 10.1. The molecule has 0 saturated carbocycles. The summed E-state index contributed by atoms with van der Waals surface area (Å²) in [6.07, 6.45) is 3.68. The van der Waals surface area contributed by atoms with Crippen molar-refractivity contribution in [2.75, 3.05) is 5.32 Å². The number of carbonyl (C=O) groups is 1. The fourth-order valence-corrected chi connectivity index (χ4v) is 3.12. The lowest BCUT2D eigenvalue weighted by Gasteiger charge is -2.08. The average Bonchev–Trinajstić information content (AvgIpc) is 3.32. The van der Waals surface area contributed by atoms with Crippen molar-refractivity contribution in [2.45, 2.75) is 20.4 Å². The first-order valence-corrected chi connectivity index (χ1v) is 9.10. The van der Waals surface area contributed by atoms with Crippen molar-refractivity contribution in [3.63, 3.8) is 0 Å². The highest BCUT2D eigenvalue weighted by Crippen LogP contribution is 2.15. The summed E-state index contributed by atoms with van der Waals surface area (Å²) in [7, 11) is 0. The summed E-state index contributed by atoms with van der Waals surface area (Å²) >= 11 is 0. The molecule has 0 bridgehead atoms. The number of aromatic nitrogens is 4. The number of aryl methyl sites for hydroxylation is 2. The van der Waals surface area contributed by atoms with E-state index in [1.807, 2.05) is 90.1 Å². The van der Waals surface area contributed by atoms with Gasteiger partial charge in [0.25, 0.3) is 5.91 Å². The molecule has 4 aromatic rings. The van der Waals surface area contributed by atoms with E-state index in [0.29, 0.717) is 12.1 Å². The third-order valence-electron chi connectivity index (χ3n) is 4.50. The van der Waals surface area contributed by atoms with Gasteiger partial charge in [0.2, 0.25) is 0 Å². The number of anilines is 1. The summed E-state index contributed by atoms with van der Waals surface area (Å²) in [5.41, 5.74) is 5.45. The van der Waals surface area contributed by atoms with E-state index in [4.69, 9.17) is 0 Å². The Morgan fingerprint density at radius 2 is 1.79 bits per heavy atom.